The largest absolute Gasteiger partial charge is 0.349 e. The Kier molecular flexibility index (Phi) is 5.51. The van der Waals surface area contributed by atoms with Crippen LogP contribution in [0.15, 0.2) is 48.5 Å². The number of carbonyl (C=O) groups excluding carboxylic acids is 1. The number of carbonyl (C=O) groups is 1. The van der Waals surface area contributed by atoms with Gasteiger partial charge in [-0.3, -0.25) is 9.69 Å². The lowest BCUT2D eigenvalue weighted by atomic mass is 9.81. The number of piperidine rings is 2. The number of halogens is 1. The molecule has 142 valence electrons. The highest BCUT2D eigenvalue weighted by atomic mass is 35.5. The maximum atomic E-state index is 12.7. The van der Waals surface area contributed by atoms with Crippen molar-refractivity contribution in [3.05, 3.63) is 70.2 Å². The van der Waals surface area contributed by atoms with Crippen LogP contribution in [0.3, 0.4) is 0 Å². The molecule has 2 aromatic carbocycles. The van der Waals surface area contributed by atoms with E-state index in [1.807, 2.05) is 43.3 Å². The number of benzene rings is 2. The van der Waals surface area contributed by atoms with Crippen molar-refractivity contribution in [1.82, 2.24) is 10.2 Å². The Bertz CT molecular complexity index is 808. The summed E-state index contributed by atoms with van der Waals surface area (Å²) < 4.78 is 0. The van der Waals surface area contributed by atoms with E-state index >= 15 is 0 Å². The smallest absolute Gasteiger partial charge is 0.251 e. The highest BCUT2D eigenvalue weighted by Crippen LogP contribution is 2.36. The van der Waals surface area contributed by atoms with Gasteiger partial charge in [-0.15, -0.1) is 0 Å². The fraction of sp³-hybridized carbons (Fsp3) is 0.435. The standard InChI is InChI=1S/C23H27ClN2O/c1-16-7-2-4-11-21(16)23(27)25-18-13-19-9-6-10-20(14-18)26(19)15-17-8-3-5-12-22(17)24/h2-5,7-8,11-12,18-20H,6,9-10,13-15H2,1H3,(H,25,27)/t18?,19-,20+. The Morgan fingerprint density at radius 3 is 2.44 bits per heavy atom. The molecule has 1 N–H and O–H groups in total. The van der Waals surface area contributed by atoms with E-state index in [0.717, 1.165) is 35.5 Å². The van der Waals surface area contributed by atoms with Gasteiger partial charge in [0.25, 0.3) is 5.91 Å². The van der Waals surface area contributed by atoms with Crippen LogP contribution < -0.4 is 5.32 Å². The van der Waals surface area contributed by atoms with Crippen LogP contribution in [0.1, 0.15) is 53.6 Å². The summed E-state index contributed by atoms with van der Waals surface area (Å²) in [7, 11) is 0. The van der Waals surface area contributed by atoms with Gasteiger partial charge in [-0.05, 0) is 55.9 Å². The topological polar surface area (TPSA) is 32.3 Å². The highest BCUT2D eigenvalue weighted by Gasteiger charge is 2.38. The SMILES string of the molecule is Cc1ccccc1C(=O)NC1C[C@H]2CCC[C@@H](C1)N2Cc1ccccc1Cl. The summed E-state index contributed by atoms with van der Waals surface area (Å²) in [6.07, 6.45) is 5.75. The third-order valence-corrected chi connectivity index (χ3v) is 6.53. The molecule has 0 spiro atoms. The Morgan fingerprint density at radius 2 is 1.74 bits per heavy atom. The molecule has 1 unspecified atom stereocenters. The zero-order valence-corrected chi connectivity index (χ0v) is 16.6. The van der Waals surface area contributed by atoms with E-state index in [2.05, 4.69) is 22.3 Å². The van der Waals surface area contributed by atoms with Crippen molar-refractivity contribution in [3.8, 4) is 0 Å². The zero-order chi connectivity index (χ0) is 18.8. The predicted molar refractivity (Wildman–Crippen MR) is 110 cm³/mol. The van der Waals surface area contributed by atoms with Crippen molar-refractivity contribution in [2.24, 2.45) is 0 Å². The molecule has 4 rings (SSSR count). The van der Waals surface area contributed by atoms with Crippen LogP contribution in [0.5, 0.6) is 0 Å². The van der Waals surface area contributed by atoms with Crippen LogP contribution in [-0.4, -0.2) is 28.9 Å². The molecule has 1 amide bonds. The summed E-state index contributed by atoms with van der Waals surface area (Å²) in [6, 6.07) is 17.3. The summed E-state index contributed by atoms with van der Waals surface area (Å²) in [6.45, 7) is 2.91. The molecular weight excluding hydrogens is 356 g/mol. The molecule has 0 radical (unpaired) electrons. The molecule has 3 nitrogen and oxygen atoms in total. The quantitative estimate of drug-likeness (QED) is 0.810. The molecule has 2 saturated heterocycles. The van der Waals surface area contributed by atoms with Gasteiger partial charge in [-0.1, -0.05) is 54.4 Å². The molecule has 4 heteroatoms. The maximum absolute atomic E-state index is 12.7. The Labute approximate surface area is 166 Å². The van der Waals surface area contributed by atoms with E-state index in [4.69, 9.17) is 11.6 Å². The van der Waals surface area contributed by atoms with Gasteiger partial charge in [-0.2, -0.15) is 0 Å². The molecule has 0 aliphatic carbocycles. The number of nitrogens with zero attached hydrogens (tertiary/aromatic N) is 1. The molecule has 2 aliphatic rings. The van der Waals surface area contributed by atoms with Crippen LogP contribution >= 0.6 is 11.6 Å². The number of aryl methyl sites for hydroxylation is 1. The molecule has 2 bridgehead atoms. The summed E-state index contributed by atoms with van der Waals surface area (Å²) in [5, 5.41) is 4.16. The van der Waals surface area contributed by atoms with Gasteiger partial charge in [0.1, 0.15) is 0 Å². The minimum atomic E-state index is 0.0655. The zero-order valence-electron chi connectivity index (χ0n) is 15.8. The Balaban J connectivity index is 1.44. The molecule has 0 saturated carbocycles. The lowest BCUT2D eigenvalue weighted by Crippen LogP contribution is -2.56. The van der Waals surface area contributed by atoms with Crippen LogP contribution in [0, 0.1) is 6.92 Å². The van der Waals surface area contributed by atoms with Crippen molar-refractivity contribution in [2.75, 3.05) is 0 Å². The molecule has 3 atom stereocenters. The minimum absolute atomic E-state index is 0.0655. The molecule has 2 aliphatic heterocycles. The van der Waals surface area contributed by atoms with Gasteiger partial charge >= 0.3 is 0 Å². The second kappa shape index (κ2) is 8.04. The first-order chi connectivity index (χ1) is 13.1. The normalized spacial score (nSPS) is 25.2. The second-order valence-electron chi connectivity index (χ2n) is 7.96. The number of nitrogens with one attached hydrogen (secondary N) is 1. The summed E-state index contributed by atoms with van der Waals surface area (Å²) in [5.74, 6) is 0.0655. The number of amides is 1. The van der Waals surface area contributed by atoms with Crippen LogP contribution in [0.25, 0.3) is 0 Å². The number of fused-ring (bicyclic) bond motifs is 2. The third kappa shape index (κ3) is 4.04. The van der Waals surface area contributed by atoms with Crippen LogP contribution in [0.4, 0.5) is 0 Å². The van der Waals surface area contributed by atoms with Gasteiger partial charge in [0.2, 0.25) is 0 Å². The summed E-state index contributed by atoms with van der Waals surface area (Å²) in [5.41, 5.74) is 3.03. The lowest BCUT2D eigenvalue weighted by molar-refractivity contribution is 0.0177. The third-order valence-electron chi connectivity index (χ3n) is 6.16. The van der Waals surface area contributed by atoms with Gasteiger partial charge in [0.15, 0.2) is 0 Å². The van der Waals surface area contributed by atoms with Gasteiger partial charge < -0.3 is 5.32 Å². The Hall–Kier alpha value is -1.84. The van der Waals surface area contributed by atoms with E-state index in [9.17, 15) is 4.79 Å². The molecule has 0 aromatic heterocycles. The average Bonchev–Trinajstić information content (AvgIpc) is 2.64. The van der Waals surface area contributed by atoms with Crippen molar-refractivity contribution in [1.29, 1.82) is 0 Å². The minimum Gasteiger partial charge on any atom is -0.349 e. The van der Waals surface area contributed by atoms with Gasteiger partial charge in [-0.25, -0.2) is 0 Å². The number of rotatable bonds is 4. The predicted octanol–water partition coefficient (Wildman–Crippen LogP) is 4.96. The fourth-order valence-corrected chi connectivity index (χ4v) is 4.96. The highest BCUT2D eigenvalue weighted by molar-refractivity contribution is 6.31. The molecule has 2 heterocycles. The Morgan fingerprint density at radius 1 is 1.07 bits per heavy atom. The van der Waals surface area contributed by atoms with E-state index in [0.29, 0.717) is 12.1 Å². The van der Waals surface area contributed by atoms with Gasteiger partial charge in [0.05, 0.1) is 0 Å². The average molecular weight is 383 g/mol. The maximum Gasteiger partial charge on any atom is 0.251 e. The first-order valence-electron chi connectivity index (χ1n) is 9.97. The number of hydrogen-bond acceptors (Lipinski definition) is 2. The van der Waals surface area contributed by atoms with E-state index in [1.54, 1.807) is 0 Å². The van der Waals surface area contributed by atoms with E-state index < -0.39 is 0 Å². The summed E-state index contributed by atoms with van der Waals surface area (Å²) >= 11 is 6.40. The molecule has 27 heavy (non-hydrogen) atoms. The second-order valence-corrected chi connectivity index (χ2v) is 8.37. The molecular formula is C23H27ClN2O. The van der Waals surface area contributed by atoms with Crippen molar-refractivity contribution >= 4 is 17.5 Å². The van der Waals surface area contributed by atoms with Crippen LogP contribution in [-0.2, 0) is 6.54 Å². The van der Waals surface area contributed by atoms with Crippen molar-refractivity contribution in [2.45, 2.75) is 63.7 Å². The van der Waals surface area contributed by atoms with Crippen molar-refractivity contribution in [3.63, 3.8) is 0 Å². The monoisotopic (exact) mass is 382 g/mol. The first-order valence-corrected chi connectivity index (χ1v) is 10.4. The van der Waals surface area contributed by atoms with E-state index in [1.165, 1.54) is 24.8 Å². The lowest BCUT2D eigenvalue weighted by Gasteiger charge is -2.49. The van der Waals surface area contributed by atoms with E-state index in [-0.39, 0.29) is 11.9 Å². The first kappa shape index (κ1) is 18.5. The number of hydrogen-bond donors (Lipinski definition) is 1. The summed E-state index contributed by atoms with van der Waals surface area (Å²) in [4.78, 5) is 15.4. The van der Waals surface area contributed by atoms with Crippen molar-refractivity contribution < 1.29 is 4.79 Å². The van der Waals surface area contributed by atoms with Crippen LogP contribution in [0.2, 0.25) is 5.02 Å². The van der Waals surface area contributed by atoms with Gasteiger partial charge in [0, 0.05) is 35.3 Å². The molecule has 2 fully saturated rings. The molecule has 2 aromatic rings. The fourth-order valence-electron chi connectivity index (χ4n) is 4.77.